The molecular formula is C15H15ClN2S. The van der Waals surface area contributed by atoms with E-state index in [0.29, 0.717) is 4.88 Å². The molecule has 98 valence electrons. The van der Waals surface area contributed by atoms with E-state index in [2.05, 4.69) is 31.8 Å². The number of nitrogens with zero attached hydrogens (tertiary/aromatic N) is 2. The molecule has 0 saturated carbocycles. The van der Waals surface area contributed by atoms with E-state index < -0.39 is 0 Å². The van der Waals surface area contributed by atoms with Crippen molar-refractivity contribution in [2.24, 2.45) is 0 Å². The first-order chi connectivity index (χ1) is 8.90. The number of rotatable bonds is 2. The third kappa shape index (κ3) is 3.34. The van der Waals surface area contributed by atoms with Crippen LogP contribution in [0.4, 0.5) is 0 Å². The number of halogens is 1. The van der Waals surface area contributed by atoms with Gasteiger partial charge >= 0.3 is 0 Å². The Morgan fingerprint density at radius 3 is 2.63 bits per heavy atom. The fraction of sp³-hybridized carbons (Fsp3) is 0.333. The average Bonchev–Trinajstić information content (AvgIpc) is 2.72. The molecule has 2 aromatic rings. The van der Waals surface area contributed by atoms with Crippen molar-refractivity contribution in [2.45, 2.75) is 32.6 Å². The lowest BCUT2D eigenvalue weighted by molar-refractivity contribution is 0.570. The first-order valence-electron chi connectivity index (χ1n) is 6.05. The van der Waals surface area contributed by atoms with Gasteiger partial charge in [-0.1, -0.05) is 44.5 Å². The van der Waals surface area contributed by atoms with E-state index in [1.807, 2.05) is 24.3 Å². The van der Waals surface area contributed by atoms with Crippen LogP contribution in [0.25, 0.3) is 0 Å². The van der Waals surface area contributed by atoms with Crippen LogP contribution in [0.15, 0.2) is 24.3 Å². The van der Waals surface area contributed by atoms with Crippen molar-refractivity contribution in [2.75, 3.05) is 0 Å². The molecule has 0 aliphatic heterocycles. The van der Waals surface area contributed by atoms with Crippen molar-refractivity contribution in [1.82, 2.24) is 4.98 Å². The third-order valence-corrected chi connectivity index (χ3v) is 3.92. The van der Waals surface area contributed by atoms with Crippen molar-refractivity contribution in [3.63, 3.8) is 0 Å². The summed E-state index contributed by atoms with van der Waals surface area (Å²) >= 11 is 7.45. The lowest BCUT2D eigenvalue weighted by Gasteiger charge is -2.15. The van der Waals surface area contributed by atoms with Gasteiger partial charge in [0.2, 0.25) is 0 Å². The van der Waals surface area contributed by atoms with Gasteiger partial charge in [0.1, 0.15) is 10.9 Å². The summed E-state index contributed by atoms with van der Waals surface area (Å²) in [6.07, 6.45) is 0.718. The van der Waals surface area contributed by atoms with E-state index in [0.717, 1.165) is 27.7 Å². The third-order valence-electron chi connectivity index (χ3n) is 2.73. The van der Waals surface area contributed by atoms with Gasteiger partial charge in [-0.2, -0.15) is 5.26 Å². The number of thiazole rings is 1. The molecule has 0 unspecified atom stereocenters. The minimum atomic E-state index is -0.103. The highest BCUT2D eigenvalue weighted by Crippen LogP contribution is 2.30. The highest BCUT2D eigenvalue weighted by molar-refractivity contribution is 7.12. The normalized spacial score (nSPS) is 11.3. The maximum atomic E-state index is 9.20. The van der Waals surface area contributed by atoms with Crippen molar-refractivity contribution in [3.8, 4) is 6.07 Å². The summed E-state index contributed by atoms with van der Waals surface area (Å²) in [6, 6.07) is 10.00. The standard InChI is InChI=1S/C15H15ClN2S/c1-15(2,3)14-12(9-17)19-13(18-14)8-10-5-4-6-11(16)7-10/h4-7H,8H2,1-3H3. The molecule has 0 aliphatic carbocycles. The summed E-state index contributed by atoms with van der Waals surface area (Å²) in [7, 11) is 0. The Morgan fingerprint density at radius 2 is 2.11 bits per heavy atom. The van der Waals surface area contributed by atoms with Crippen molar-refractivity contribution in [3.05, 3.63) is 50.4 Å². The second kappa shape index (κ2) is 5.32. The zero-order chi connectivity index (χ0) is 14.0. The van der Waals surface area contributed by atoms with E-state index >= 15 is 0 Å². The Morgan fingerprint density at radius 1 is 1.37 bits per heavy atom. The molecule has 0 saturated heterocycles. The molecule has 1 aromatic carbocycles. The lowest BCUT2D eigenvalue weighted by atomic mass is 9.91. The van der Waals surface area contributed by atoms with E-state index in [4.69, 9.17) is 11.6 Å². The summed E-state index contributed by atoms with van der Waals surface area (Å²) in [4.78, 5) is 5.34. The van der Waals surface area contributed by atoms with Crippen LogP contribution < -0.4 is 0 Å². The maximum Gasteiger partial charge on any atom is 0.128 e. The molecule has 2 rings (SSSR count). The first kappa shape index (κ1) is 14.0. The van der Waals surface area contributed by atoms with Crippen LogP contribution in [0.3, 0.4) is 0 Å². The largest absolute Gasteiger partial charge is 0.244 e. The number of hydrogen-bond acceptors (Lipinski definition) is 3. The molecule has 1 aromatic heterocycles. The second-order valence-corrected chi connectivity index (χ2v) is 6.97. The molecule has 0 aliphatic rings. The predicted octanol–water partition coefficient (Wildman–Crippen LogP) is 4.56. The highest BCUT2D eigenvalue weighted by Gasteiger charge is 2.23. The Bertz CT molecular complexity index is 632. The maximum absolute atomic E-state index is 9.20. The van der Waals surface area contributed by atoms with Crippen molar-refractivity contribution >= 4 is 22.9 Å². The van der Waals surface area contributed by atoms with E-state index in [9.17, 15) is 5.26 Å². The van der Waals surface area contributed by atoms with Gasteiger partial charge < -0.3 is 0 Å². The highest BCUT2D eigenvalue weighted by atomic mass is 35.5. The van der Waals surface area contributed by atoms with Gasteiger partial charge in [-0.25, -0.2) is 4.98 Å². The van der Waals surface area contributed by atoms with E-state index in [1.165, 1.54) is 11.3 Å². The summed E-state index contributed by atoms with van der Waals surface area (Å²) < 4.78 is 0. The minimum absolute atomic E-state index is 0.103. The van der Waals surface area contributed by atoms with Crippen molar-refractivity contribution < 1.29 is 0 Å². The summed E-state index contributed by atoms with van der Waals surface area (Å²) in [5, 5.41) is 10.9. The van der Waals surface area contributed by atoms with E-state index in [-0.39, 0.29) is 5.41 Å². The summed E-state index contributed by atoms with van der Waals surface area (Å²) in [6.45, 7) is 6.23. The molecule has 0 amide bonds. The Kier molecular flexibility index (Phi) is 3.93. The van der Waals surface area contributed by atoms with Crippen LogP contribution in [0.2, 0.25) is 5.02 Å². The van der Waals surface area contributed by atoms with Crippen molar-refractivity contribution in [1.29, 1.82) is 5.26 Å². The summed E-state index contributed by atoms with van der Waals surface area (Å²) in [5.41, 5.74) is 1.90. The van der Waals surface area contributed by atoms with Crippen LogP contribution in [-0.4, -0.2) is 4.98 Å². The quantitative estimate of drug-likeness (QED) is 0.813. The minimum Gasteiger partial charge on any atom is -0.244 e. The van der Waals surface area contributed by atoms with Crippen LogP contribution in [0.5, 0.6) is 0 Å². The molecule has 0 N–H and O–H groups in total. The second-order valence-electron chi connectivity index (χ2n) is 5.45. The molecule has 0 fully saturated rings. The van der Waals surface area contributed by atoms with Crippen LogP contribution in [0.1, 0.15) is 41.9 Å². The van der Waals surface area contributed by atoms with Gasteiger partial charge in [-0.3, -0.25) is 0 Å². The topological polar surface area (TPSA) is 36.7 Å². The van der Waals surface area contributed by atoms with Gasteiger partial charge in [-0.15, -0.1) is 11.3 Å². The van der Waals surface area contributed by atoms with Crippen LogP contribution in [0, 0.1) is 11.3 Å². The van der Waals surface area contributed by atoms with Gasteiger partial charge in [0, 0.05) is 16.9 Å². The fourth-order valence-corrected chi connectivity index (χ4v) is 3.16. The molecule has 0 radical (unpaired) electrons. The number of aromatic nitrogens is 1. The Labute approximate surface area is 122 Å². The number of nitriles is 1. The SMILES string of the molecule is CC(C)(C)c1nc(Cc2cccc(Cl)c2)sc1C#N. The molecule has 0 atom stereocenters. The molecule has 0 bridgehead atoms. The molecule has 19 heavy (non-hydrogen) atoms. The van der Waals surface area contributed by atoms with Gasteiger partial charge in [-0.05, 0) is 17.7 Å². The Hall–Kier alpha value is -1.37. The van der Waals surface area contributed by atoms with Gasteiger partial charge in [0.15, 0.2) is 0 Å². The molecule has 0 spiro atoms. The zero-order valence-corrected chi connectivity index (χ0v) is 12.8. The average molecular weight is 291 g/mol. The van der Waals surface area contributed by atoms with E-state index in [1.54, 1.807) is 0 Å². The predicted molar refractivity (Wildman–Crippen MR) is 79.8 cm³/mol. The van der Waals surface area contributed by atoms with Gasteiger partial charge in [0.05, 0.1) is 10.7 Å². The summed E-state index contributed by atoms with van der Waals surface area (Å²) in [5.74, 6) is 0. The lowest BCUT2D eigenvalue weighted by Crippen LogP contribution is -2.13. The molecule has 4 heteroatoms. The number of benzene rings is 1. The molecular weight excluding hydrogens is 276 g/mol. The molecule has 1 heterocycles. The van der Waals surface area contributed by atoms with Crippen LogP contribution in [-0.2, 0) is 11.8 Å². The van der Waals surface area contributed by atoms with Gasteiger partial charge in [0.25, 0.3) is 0 Å². The molecule has 2 nitrogen and oxygen atoms in total. The number of hydrogen-bond donors (Lipinski definition) is 0. The zero-order valence-electron chi connectivity index (χ0n) is 11.2. The van der Waals surface area contributed by atoms with Crippen LogP contribution >= 0.6 is 22.9 Å². The monoisotopic (exact) mass is 290 g/mol. The first-order valence-corrected chi connectivity index (χ1v) is 7.24. The fourth-order valence-electron chi connectivity index (χ4n) is 1.85. The Balaban J connectivity index is 2.33. The smallest absolute Gasteiger partial charge is 0.128 e.